The molecule has 0 spiro atoms. The second-order valence-corrected chi connectivity index (χ2v) is 3.55. The molecular formula is C10H13ClO2. The number of aryl methyl sites for hydroxylation is 1. The standard InChI is InChI=1S/C10H13ClO2/c1-7-4-9(11)3-2-8(7)5-10(13)6-12/h2-4,10,12-13H,5-6H2,1H3. The quantitative estimate of drug-likeness (QED) is 0.777. The SMILES string of the molecule is Cc1cc(Cl)ccc1CC(O)CO. The molecule has 0 aromatic heterocycles. The lowest BCUT2D eigenvalue weighted by atomic mass is 10.0. The predicted octanol–water partition coefficient (Wildman–Crippen LogP) is 1.54. The first-order valence-corrected chi connectivity index (χ1v) is 4.55. The van der Waals surface area contributed by atoms with Gasteiger partial charge in [0, 0.05) is 11.4 Å². The molecule has 0 fully saturated rings. The highest BCUT2D eigenvalue weighted by atomic mass is 35.5. The van der Waals surface area contributed by atoms with Crippen LogP contribution in [0.15, 0.2) is 18.2 Å². The van der Waals surface area contributed by atoms with Crippen LogP contribution in [0.25, 0.3) is 0 Å². The molecule has 1 atom stereocenters. The molecule has 0 heterocycles. The summed E-state index contributed by atoms with van der Waals surface area (Å²) in [7, 11) is 0. The van der Waals surface area contributed by atoms with E-state index in [1.54, 1.807) is 6.07 Å². The minimum absolute atomic E-state index is 0.206. The predicted molar refractivity (Wildman–Crippen MR) is 53.0 cm³/mol. The van der Waals surface area contributed by atoms with Gasteiger partial charge in [-0.05, 0) is 30.2 Å². The molecule has 2 nitrogen and oxygen atoms in total. The van der Waals surface area contributed by atoms with Gasteiger partial charge in [-0.2, -0.15) is 0 Å². The van der Waals surface area contributed by atoms with Gasteiger partial charge in [-0.15, -0.1) is 0 Å². The average molecular weight is 201 g/mol. The van der Waals surface area contributed by atoms with Crippen molar-refractivity contribution in [1.82, 2.24) is 0 Å². The average Bonchev–Trinajstić information content (AvgIpc) is 2.09. The summed E-state index contributed by atoms with van der Waals surface area (Å²) in [6.07, 6.45) is -0.209. The van der Waals surface area contributed by atoms with E-state index in [0.29, 0.717) is 11.4 Å². The Morgan fingerprint density at radius 2 is 2.15 bits per heavy atom. The molecule has 1 rings (SSSR count). The monoisotopic (exact) mass is 200 g/mol. The maximum Gasteiger partial charge on any atom is 0.0811 e. The van der Waals surface area contributed by atoms with E-state index in [1.807, 2.05) is 19.1 Å². The van der Waals surface area contributed by atoms with Crippen LogP contribution in [0.5, 0.6) is 0 Å². The van der Waals surface area contributed by atoms with E-state index < -0.39 is 6.10 Å². The molecule has 2 N–H and O–H groups in total. The van der Waals surface area contributed by atoms with Crippen LogP contribution in [-0.2, 0) is 6.42 Å². The van der Waals surface area contributed by atoms with Crippen molar-refractivity contribution in [2.24, 2.45) is 0 Å². The number of aliphatic hydroxyl groups excluding tert-OH is 2. The van der Waals surface area contributed by atoms with Crippen molar-refractivity contribution in [2.75, 3.05) is 6.61 Å². The van der Waals surface area contributed by atoms with Gasteiger partial charge in [0.25, 0.3) is 0 Å². The zero-order valence-corrected chi connectivity index (χ0v) is 8.25. The summed E-state index contributed by atoms with van der Waals surface area (Å²) in [6.45, 7) is 1.73. The van der Waals surface area contributed by atoms with Crippen LogP contribution in [0.1, 0.15) is 11.1 Å². The molecule has 1 aromatic rings. The van der Waals surface area contributed by atoms with E-state index in [-0.39, 0.29) is 6.61 Å². The van der Waals surface area contributed by atoms with Gasteiger partial charge < -0.3 is 10.2 Å². The van der Waals surface area contributed by atoms with Crippen molar-refractivity contribution < 1.29 is 10.2 Å². The zero-order valence-electron chi connectivity index (χ0n) is 7.50. The lowest BCUT2D eigenvalue weighted by Gasteiger charge is -2.09. The topological polar surface area (TPSA) is 40.5 Å². The maximum absolute atomic E-state index is 9.22. The van der Waals surface area contributed by atoms with Crippen LogP contribution in [-0.4, -0.2) is 22.9 Å². The van der Waals surface area contributed by atoms with Crippen molar-refractivity contribution in [3.05, 3.63) is 34.3 Å². The van der Waals surface area contributed by atoms with Gasteiger partial charge >= 0.3 is 0 Å². The number of aliphatic hydroxyl groups is 2. The van der Waals surface area contributed by atoms with Crippen molar-refractivity contribution in [3.63, 3.8) is 0 Å². The largest absolute Gasteiger partial charge is 0.394 e. The molecule has 13 heavy (non-hydrogen) atoms. The maximum atomic E-state index is 9.22. The summed E-state index contributed by atoms with van der Waals surface area (Å²) in [5, 5.41) is 18.6. The lowest BCUT2D eigenvalue weighted by Crippen LogP contribution is -2.15. The smallest absolute Gasteiger partial charge is 0.0811 e. The number of halogens is 1. The Kier molecular flexibility index (Phi) is 3.72. The fraction of sp³-hybridized carbons (Fsp3) is 0.400. The molecular weight excluding hydrogens is 188 g/mol. The van der Waals surface area contributed by atoms with Gasteiger partial charge in [0.05, 0.1) is 12.7 Å². The Labute approximate surface area is 82.8 Å². The number of rotatable bonds is 3. The molecule has 0 radical (unpaired) electrons. The molecule has 3 heteroatoms. The second kappa shape index (κ2) is 4.61. The van der Waals surface area contributed by atoms with Gasteiger partial charge in [0.2, 0.25) is 0 Å². The molecule has 0 saturated carbocycles. The molecule has 1 unspecified atom stereocenters. The van der Waals surface area contributed by atoms with Gasteiger partial charge in [-0.3, -0.25) is 0 Å². The fourth-order valence-corrected chi connectivity index (χ4v) is 1.43. The number of hydrogen-bond acceptors (Lipinski definition) is 2. The van der Waals surface area contributed by atoms with Crippen LogP contribution in [0, 0.1) is 6.92 Å². The summed E-state index contributed by atoms with van der Waals surface area (Å²) < 4.78 is 0. The van der Waals surface area contributed by atoms with E-state index in [1.165, 1.54) is 0 Å². The Morgan fingerprint density at radius 1 is 1.46 bits per heavy atom. The molecule has 0 amide bonds. The molecule has 0 aliphatic rings. The van der Waals surface area contributed by atoms with E-state index in [0.717, 1.165) is 11.1 Å². The third kappa shape index (κ3) is 2.99. The van der Waals surface area contributed by atoms with Crippen molar-refractivity contribution in [2.45, 2.75) is 19.4 Å². The summed E-state index contributed by atoms with van der Waals surface area (Å²) in [4.78, 5) is 0. The Balaban J connectivity index is 2.77. The van der Waals surface area contributed by atoms with Crippen LogP contribution in [0.4, 0.5) is 0 Å². The normalized spacial score (nSPS) is 12.9. The molecule has 72 valence electrons. The highest BCUT2D eigenvalue weighted by molar-refractivity contribution is 6.30. The molecule has 0 bridgehead atoms. The number of benzene rings is 1. The Hall–Kier alpha value is -0.570. The van der Waals surface area contributed by atoms with Crippen LogP contribution in [0.2, 0.25) is 5.02 Å². The van der Waals surface area contributed by atoms with Gasteiger partial charge in [-0.25, -0.2) is 0 Å². The fourth-order valence-electron chi connectivity index (χ4n) is 1.21. The molecule has 0 saturated heterocycles. The van der Waals surface area contributed by atoms with Gasteiger partial charge in [-0.1, -0.05) is 17.7 Å². The first-order chi connectivity index (χ1) is 6.13. The second-order valence-electron chi connectivity index (χ2n) is 3.11. The van der Waals surface area contributed by atoms with Crippen molar-refractivity contribution in [3.8, 4) is 0 Å². The first kappa shape index (κ1) is 10.5. The Bertz CT molecular complexity index is 286. The third-order valence-electron chi connectivity index (χ3n) is 1.97. The van der Waals surface area contributed by atoms with E-state index >= 15 is 0 Å². The molecule has 1 aromatic carbocycles. The minimum atomic E-state index is -0.681. The third-order valence-corrected chi connectivity index (χ3v) is 2.21. The summed E-state index contributed by atoms with van der Waals surface area (Å²) >= 11 is 5.78. The highest BCUT2D eigenvalue weighted by Gasteiger charge is 2.05. The summed E-state index contributed by atoms with van der Waals surface area (Å²) in [5.41, 5.74) is 2.06. The van der Waals surface area contributed by atoms with Crippen LogP contribution < -0.4 is 0 Å². The van der Waals surface area contributed by atoms with Crippen molar-refractivity contribution in [1.29, 1.82) is 0 Å². The number of hydrogen-bond donors (Lipinski definition) is 2. The molecule has 0 aliphatic carbocycles. The lowest BCUT2D eigenvalue weighted by molar-refractivity contribution is 0.0954. The highest BCUT2D eigenvalue weighted by Crippen LogP contribution is 2.16. The summed E-state index contributed by atoms with van der Waals surface area (Å²) in [6, 6.07) is 5.51. The molecule has 0 aliphatic heterocycles. The van der Waals surface area contributed by atoms with E-state index in [4.69, 9.17) is 16.7 Å². The van der Waals surface area contributed by atoms with Crippen LogP contribution in [0.3, 0.4) is 0 Å². The Morgan fingerprint density at radius 3 is 2.69 bits per heavy atom. The van der Waals surface area contributed by atoms with Gasteiger partial charge in [0.15, 0.2) is 0 Å². The minimum Gasteiger partial charge on any atom is -0.394 e. The van der Waals surface area contributed by atoms with Crippen LogP contribution >= 0.6 is 11.6 Å². The first-order valence-electron chi connectivity index (χ1n) is 4.17. The summed E-state index contributed by atoms with van der Waals surface area (Å²) in [5.74, 6) is 0. The van der Waals surface area contributed by atoms with E-state index in [9.17, 15) is 5.11 Å². The zero-order chi connectivity index (χ0) is 9.84. The van der Waals surface area contributed by atoms with Crippen molar-refractivity contribution >= 4 is 11.6 Å². The van der Waals surface area contributed by atoms with Gasteiger partial charge in [0.1, 0.15) is 0 Å². The van der Waals surface area contributed by atoms with E-state index in [2.05, 4.69) is 0 Å².